The first-order chi connectivity index (χ1) is 11.1. The number of hydrogen-bond acceptors (Lipinski definition) is 4. The van der Waals surface area contributed by atoms with E-state index in [1.807, 2.05) is 0 Å². The fraction of sp³-hybridized carbons (Fsp3) is 0.611. The lowest BCUT2D eigenvalue weighted by Gasteiger charge is -2.30. The molecule has 1 heterocycles. The topological polar surface area (TPSA) is 38.8 Å². The van der Waals surface area contributed by atoms with Gasteiger partial charge in [-0.15, -0.1) is 0 Å². The molecular weight excluding hydrogens is 297 g/mol. The van der Waals surface area contributed by atoms with Crippen LogP contribution in [0.15, 0.2) is 12.1 Å². The molecule has 0 spiro atoms. The van der Waals surface area contributed by atoms with E-state index >= 15 is 0 Å². The number of carbonyl (C=O) groups excluding carboxylic acids is 1. The van der Waals surface area contributed by atoms with Crippen molar-refractivity contribution in [2.24, 2.45) is 5.92 Å². The van der Waals surface area contributed by atoms with Crippen LogP contribution in [0.3, 0.4) is 0 Å². The summed E-state index contributed by atoms with van der Waals surface area (Å²) in [5, 5.41) is 0. The molecule has 128 valence electrons. The highest BCUT2D eigenvalue weighted by molar-refractivity contribution is 5.97. The number of hydrogen-bond donors (Lipinski definition) is 0. The van der Waals surface area contributed by atoms with Crippen molar-refractivity contribution in [2.45, 2.75) is 32.6 Å². The summed E-state index contributed by atoms with van der Waals surface area (Å²) in [6, 6.07) is 3.04. The first-order valence-corrected chi connectivity index (χ1v) is 8.22. The molecule has 1 saturated heterocycles. The van der Waals surface area contributed by atoms with Crippen molar-refractivity contribution in [3.63, 3.8) is 0 Å². The van der Waals surface area contributed by atoms with Crippen LogP contribution in [0.1, 0.15) is 43.0 Å². The van der Waals surface area contributed by atoms with Crippen LogP contribution in [0.25, 0.3) is 0 Å². The van der Waals surface area contributed by atoms with E-state index in [2.05, 4.69) is 11.8 Å². The summed E-state index contributed by atoms with van der Waals surface area (Å²) in [5.74, 6) is 0.263. The van der Waals surface area contributed by atoms with E-state index < -0.39 is 5.82 Å². The molecule has 0 aliphatic carbocycles. The third-order valence-corrected chi connectivity index (χ3v) is 4.54. The first-order valence-electron chi connectivity index (χ1n) is 8.22. The molecule has 23 heavy (non-hydrogen) atoms. The second-order valence-electron chi connectivity index (χ2n) is 6.21. The average molecular weight is 323 g/mol. The predicted molar refractivity (Wildman–Crippen MR) is 87.9 cm³/mol. The number of nitrogens with zero attached hydrogens (tertiary/aromatic N) is 1. The minimum absolute atomic E-state index is 0.0108. The molecule has 0 unspecified atom stereocenters. The van der Waals surface area contributed by atoms with E-state index in [-0.39, 0.29) is 17.1 Å². The van der Waals surface area contributed by atoms with Gasteiger partial charge in [0.2, 0.25) is 0 Å². The molecule has 1 aliphatic heterocycles. The summed E-state index contributed by atoms with van der Waals surface area (Å²) < 4.78 is 24.4. The van der Waals surface area contributed by atoms with Crippen molar-refractivity contribution in [3.8, 4) is 11.5 Å². The van der Waals surface area contributed by atoms with Crippen LogP contribution in [-0.2, 0) is 0 Å². The molecule has 0 N–H and O–H groups in total. The Morgan fingerprint density at radius 1 is 1.26 bits per heavy atom. The fourth-order valence-electron chi connectivity index (χ4n) is 2.99. The number of ketones is 1. The molecule has 1 aromatic carbocycles. The molecule has 1 aromatic rings. The van der Waals surface area contributed by atoms with Crippen LogP contribution in [0, 0.1) is 11.7 Å². The zero-order valence-electron chi connectivity index (χ0n) is 14.2. The van der Waals surface area contributed by atoms with Crippen molar-refractivity contribution in [3.05, 3.63) is 23.5 Å². The lowest BCUT2D eigenvalue weighted by atomic mass is 9.99. The minimum atomic E-state index is -0.636. The van der Waals surface area contributed by atoms with E-state index in [1.54, 1.807) is 6.07 Å². The second-order valence-corrected chi connectivity index (χ2v) is 6.21. The van der Waals surface area contributed by atoms with Gasteiger partial charge in [0.25, 0.3) is 0 Å². The van der Waals surface area contributed by atoms with Gasteiger partial charge >= 0.3 is 0 Å². The molecule has 5 heteroatoms. The maximum Gasteiger partial charge on any atom is 0.197 e. The predicted octanol–water partition coefficient (Wildman–Crippen LogP) is 3.54. The van der Waals surface area contributed by atoms with Gasteiger partial charge in [-0.25, -0.2) is 4.39 Å². The van der Waals surface area contributed by atoms with Gasteiger partial charge in [-0.2, -0.15) is 0 Å². The van der Waals surface area contributed by atoms with Crippen molar-refractivity contribution in [2.75, 3.05) is 33.9 Å². The van der Waals surface area contributed by atoms with Gasteiger partial charge in [-0.1, -0.05) is 6.92 Å². The quantitative estimate of drug-likeness (QED) is 0.720. The smallest absolute Gasteiger partial charge is 0.197 e. The van der Waals surface area contributed by atoms with E-state index in [1.165, 1.54) is 33.1 Å². The molecule has 0 atom stereocenters. The number of piperidine rings is 1. The Morgan fingerprint density at radius 3 is 2.57 bits per heavy atom. The SMILES string of the molecule is COc1ccc(C(=O)CCCN2CCC(C)CC2)c(F)c1OC. The highest BCUT2D eigenvalue weighted by Gasteiger charge is 2.20. The third-order valence-electron chi connectivity index (χ3n) is 4.54. The maximum absolute atomic E-state index is 14.4. The van der Waals surface area contributed by atoms with Crippen LogP contribution in [0.5, 0.6) is 11.5 Å². The summed E-state index contributed by atoms with van der Waals surface area (Å²) in [7, 11) is 2.81. The van der Waals surface area contributed by atoms with Gasteiger partial charge in [0, 0.05) is 6.42 Å². The highest BCUT2D eigenvalue weighted by atomic mass is 19.1. The number of benzene rings is 1. The molecular formula is C18H26FNO3. The van der Waals surface area contributed by atoms with Crippen molar-refractivity contribution in [1.82, 2.24) is 4.90 Å². The van der Waals surface area contributed by atoms with Crippen LogP contribution in [-0.4, -0.2) is 44.5 Å². The third kappa shape index (κ3) is 4.44. The Kier molecular flexibility index (Phi) is 6.39. The standard InChI is InChI=1S/C18H26FNO3/c1-13-8-11-20(12-9-13)10-4-5-15(21)14-6-7-16(22-2)18(23-3)17(14)19/h6-7,13H,4-5,8-12H2,1-3H3. The monoisotopic (exact) mass is 323 g/mol. The van der Waals surface area contributed by atoms with E-state index in [0.29, 0.717) is 12.2 Å². The number of rotatable bonds is 7. The van der Waals surface area contributed by atoms with Gasteiger partial charge in [-0.05, 0) is 56.9 Å². The average Bonchev–Trinajstić information content (AvgIpc) is 2.56. The molecule has 0 aromatic heterocycles. The molecule has 1 fully saturated rings. The number of ether oxygens (including phenoxy) is 2. The molecule has 0 amide bonds. The Balaban J connectivity index is 1.91. The Morgan fingerprint density at radius 2 is 1.96 bits per heavy atom. The zero-order chi connectivity index (χ0) is 16.8. The van der Waals surface area contributed by atoms with E-state index in [9.17, 15) is 9.18 Å². The number of methoxy groups -OCH3 is 2. The number of halogens is 1. The summed E-state index contributed by atoms with van der Waals surface area (Å²) >= 11 is 0. The summed E-state index contributed by atoms with van der Waals surface area (Å²) in [6.07, 6.45) is 3.54. The van der Waals surface area contributed by atoms with Crippen molar-refractivity contribution >= 4 is 5.78 Å². The minimum Gasteiger partial charge on any atom is -0.493 e. The lowest BCUT2D eigenvalue weighted by Crippen LogP contribution is -2.33. The summed E-state index contributed by atoms with van der Waals surface area (Å²) in [4.78, 5) is 14.7. The molecule has 0 bridgehead atoms. The lowest BCUT2D eigenvalue weighted by molar-refractivity contribution is 0.0966. The Labute approximate surface area is 137 Å². The van der Waals surface area contributed by atoms with Gasteiger partial charge in [-0.3, -0.25) is 4.79 Å². The highest BCUT2D eigenvalue weighted by Crippen LogP contribution is 2.32. The number of carbonyl (C=O) groups is 1. The molecule has 0 radical (unpaired) electrons. The van der Waals surface area contributed by atoms with Gasteiger partial charge in [0.15, 0.2) is 23.1 Å². The molecule has 2 rings (SSSR count). The number of likely N-dealkylation sites (tertiary alicyclic amines) is 1. The summed E-state index contributed by atoms with van der Waals surface area (Å²) in [6.45, 7) is 5.37. The Bertz CT molecular complexity index is 539. The largest absolute Gasteiger partial charge is 0.493 e. The van der Waals surface area contributed by atoms with Gasteiger partial charge in [0.05, 0.1) is 19.8 Å². The van der Waals surface area contributed by atoms with E-state index in [4.69, 9.17) is 9.47 Å². The van der Waals surface area contributed by atoms with Crippen LogP contribution in [0.2, 0.25) is 0 Å². The zero-order valence-corrected chi connectivity index (χ0v) is 14.2. The van der Waals surface area contributed by atoms with Gasteiger partial charge in [0.1, 0.15) is 0 Å². The second kappa shape index (κ2) is 8.29. The molecule has 4 nitrogen and oxygen atoms in total. The van der Waals surface area contributed by atoms with Crippen LogP contribution < -0.4 is 9.47 Å². The maximum atomic E-state index is 14.4. The first kappa shape index (κ1) is 17.7. The normalized spacial score (nSPS) is 16.3. The fourth-order valence-corrected chi connectivity index (χ4v) is 2.99. The van der Waals surface area contributed by atoms with E-state index in [0.717, 1.165) is 32.0 Å². The summed E-state index contributed by atoms with van der Waals surface area (Å²) in [5.41, 5.74) is 0.0786. The van der Waals surface area contributed by atoms with Crippen LogP contribution >= 0.6 is 0 Å². The number of Topliss-reactive ketones (excluding diaryl/α,β-unsaturated/α-hetero) is 1. The van der Waals surface area contributed by atoms with Crippen LogP contribution in [0.4, 0.5) is 4.39 Å². The van der Waals surface area contributed by atoms with Crippen molar-refractivity contribution in [1.29, 1.82) is 0 Å². The van der Waals surface area contributed by atoms with Crippen molar-refractivity contribution < 1.29 is 18.7 Å². The molecule has 1 aliphatic rings. The molecule has 0 saturated carbocycles. The van der Waals surface area contributed by atoms with Gasteiger partial charge < -0.3 is 14.4 Å². The Hall–Kier alpha value is -1.62.